The molecule has 2 aromatic carbocycles. The lowest BCUT2D eigenvalue weighted by atomic mass is 9.98. The van der Waals surface area contributed by atoms with Crippen molar-refractivity contribution in [1.29, 1.82) is 0 Å². The fourth-order valence-electron chi connectivity index (χ4n) is 2.61. The van der Waals surface area contributed by atoms with Crippen molar-refractivity contribution in [2.45, 2.75) is 12.8 Å². The van der Waals surface area contributed by atoms with Crippen molar-refractivity contribution in [1.82, 2.24) is 5.32 Å². The van der Waals surface area contributed by atoms with Crippen molar-refractivity contribution >= 4 is 37.7 Å². The monoisotopic (exact) mass is 424 g/mol. The Morgan fingerprint density at radius 1 is 1.14 bits per heavy atom. The molecule has 0 saturated carbocycles. The summed E-state index contributed by atoms with van der Waals surface area (Å²) in [5, 5.41) is 3.23. The summed E-state index contributed by atoms with van der Waals surface area (Å²) in [6, 6.07) is 11.3. The van der Waals surface area contributed by atoms with E-state index in [1.807, 2.05) is 18.2 Å². The number of hydrogen-bond acceptors (Lipinski definition) is 2. The minimum absolute atomic E-state index is 0.167. The van der Waals surface area contributed by atoms with Crippen molar-refractivity contribution in [3.05, 3.63) is 67.9 Å². The molecule has 22 heavy (non-hydrogen) atoms. The number of nitrogens with zero attached hydrogens (tertiary/aromatic N) is 1. The minimum Gasteiger partial charge on any atom is -0.368 e. The van der Waals surface area contributed by atoms with Gasteiger partial charge in [0.2, 0.25) is 0 Å². The Morgan fingerprint density at radius 2 is 2.00 bits per heavy atom. The molecular formula is C17H15Br2FN2. The number of rotatable bonds is 4. The highest BCUT2D eigenvalue weighted by molar-refractivity contribution is 9.11. The number of aliphatic imine (C=N–C) groups is 1. The van der Waals surface area contributed by atoms with Crippen LogP contribution in [0.1, 0.15) is 16.7 Å². The Kier molecular flexibility index (Phi) is 4.93. The Balaban J connectivity index is 1.87. The Morgan fingerprint density at radius 3 is 2.77 bits per heavy atom. The van der Waals surface area contributed by atoms with Gasteiger partial charge in [-0.3, -0.25) is 4.99 Å². The summed E-state index contributed by atoms with van der Waals surface area (Å²) >= 11 is 7.04. The molecule has 0 fully saturated rings. The van der Waals surface area contributed by atoms with Crippen LogP contribution in [0.25, 0.3) is 0 Å². The number of hydrogen-bond donors (Lipinski definition) is 1. The van der Waals surface area contributed by atoms with Crippen LogP contribution in [0.3, 0.4) is 0 Å². The van der Waals surface area contributed by atoms with Crippen molar-refractivity contribution in [3.63, 3.8) is 0 Å². The van der Waals surface area contributed by atoms with Crippen LogP contribution in [-0.2, 0) is 12.8 Å². The van der Waals surface area contributed by atoms with Gasteiger partial charge < -0.3 is 5.32 Å². The van der Waals surface area contributed by atoms with Gasteiger partial charge in [0, 0.05) is 21.1 Å². The zero-order valence-corrected chi connectivity index (χ0v) is 15.0. The molecule has 2 nitrogen and oxygen atoms in total. The van der Waals surface area contributed by atoms with Gasteiger partial charge in [-0.15, -0.1) is 0 Å². The average molecular weight is 426 g/mol. The molecule has 0 atom stereocenters. The highest BCUT2D eigenvalue weighted by atomic mass is 79.9. The molecule has 0 spiro atoms. The summed E-state index contributed by atoms with van der Waals surface area (Å²) in [5.41, 5.74) is 2.76. The SMILES string of the molecule is Fc1cccc(C2=NCCN2)c1CCc1cc(Br)ccc1Br. The first kappa shape index (κ1) is 15.7. The summed E-state index contributed by atoms with van der Waals surface area (Å²) in [5.74, 6) is 0.642. The Bertz CT molecular complexity index is 729. The third-order valence-corrected chi connectivity index (χ3v) is 4.97. The largest absolute Gasteiger partial charge is 0.368 e. The smallest absolute Gasteiger partial charge is 0.128 e. The maximum atomic E-state index is 14.3. The maximum absolute atomic E-state index is 14.3. The molecule has 0 saturated heterocycles. The second-order valence-electron chi connectivity index (χ2n) is 5.16. The zero-order chi connectivity index (χ0) is 15.5. The maximum Gasteiger partial charge on any atom is 0.128 e. The van der Waals surface area contributed by atoms with Gasteiger partial charge in [-0.25, -0.2) is 4.39 Å². The average Bonchev–Trinajstić information content (AvgIpc) is 3.03. The Labute approximate surface area is 146 Å². The van der Waals surface area contributed by atoms with Gasteiger partial charge in [-0.1, -0.05) is 44.0 Å². The molecule has 0 aromatic heterocycles. The first-order chi connectivity index (χ1) is 10.6. The molecule has 0 radical (unpaired) electrons. The normalized spacial score (nSPS) is 13.9. The fourth-order valence-corrected chi connectivity index (χ4v) is 3.46. The van der Waals surface area contributed by atoms with E-state index in [-0.39, 0.29) is 5.82 Å². The molecular weight excluding hydrogens is 411 g/mol. The molecule has 114 valence electrons. The molecule has 0 amide bonds. The van der Waals surface area contributed by atoms with Gasteiger partial charge in [0.25, 0.3) is 0 Å². The third kappa shape index (κ3) is 3.41. The predicted octanol–water partition coefficient (Wildman–Crippen LogP) is 4.49. The van der Waals surface area contributed by atoms with Gasteiger partial charge >= 0.3 is 0 Å². The molecule has 5 heteroatoms. The lowest BCUT2D eigenvalue weighted by molar-refractivity contribution is 0.608. The van der Waals surface area contributed by atoms with E-state index in [4.69, 9.17) is 0 Å². The lowest BCUT2D eigenvalue weighted by Crippen LogP contribution is -2.21. The second-order valence-corrected chi connectivity index (χ2v) is 6.93. The predicted molar refractivity (Wildman–Crippen MR) is 95.1 cm³/mol. The summed E-state index contributed by atoms with van der Waals surface area (Å²) < 4.78 is 16.4. The molecule has 3 rings (SSSR count). The molecule has 0 unspecified atom stereocenters. The van der Waals surface area contributed by atoms with Crippen molar-refractivity contribution < 1.29 is 4.39 Å². The second kappa shape index (κ2) is 6.92. The van der Waals surface area contributed by atoms with Gasteiger partial charge in [-0.2, -0.15) is 0 Å². The van der Waals surface area contributed by atoms with E-state index < -0.39 is 0 Å². The van der Waals surface area contributed by atoms with Crippen LogP contribution in [0, 0.1) is 5.82 Å². The summed E-state index contributed by atoms with van der Waals surface area (Å²) in [6.07, 6.45) is 1.40. The number of halogens is 3. The quantitative estimate of drug-likeness (QED) is 0.766. The van der Waals surface area contributed by atoms with Gasteiger partial charge in [0.15, 0.2) is 0 Å². The van der Waals surface area contributed by atoms with E-state index in [0.717, 1.165) is 51.0 Å². The fraction of sp³-hybridized carbons (Fsp3) is 0.235. The van der Waals surface area contributed by atoms with Gasteiger partial charge in [-0.05, 0) is 48.2 Å². The number of nitrogens with one attached hydrogen (secondary N) is 1. The van der Waals surface area contributed by atoms with Crippen molar-refractivity contribution in [3.8, 4) is 0 Å². The molecule has 0 aliphatic carbocycles. The Hall–Kier alpha value is -1.20. The summed E-state index contributed by atoms with van der Waals surface area (Å²) in [6.45, 7) is 1.57. The minimum atomic E-state index is -0.167. The first-order valence-corrected chi connectivity index (χ1v) is 8.74. The van der Waals surface area contributed by atoms with Gasteiger partial charge in [0.05, 0.1) is 6.54 Å². The van der Waals surface area contributed by atoms with E-state index in [9.17, 15) is 4.39 Å². The summed E-state index contributed by atoms with van der Waals surface area (Å²) in [4.78, 5) is 4.42. The summed E-state index contributed by atoms with van der Waals surface area (Å²) in [7, 11) is 0. The molecule has 1 aliphatic heterocycles. The van der Waals surface area contributed by atoms with E-state index in [0.29, 0.717) is 6.42 Å². The molecule has 2 aromatic rings. The van der Waals surface area contributed by atoms with E-state index >= 15 is 0 Å². The highest BCUT2D eigenvalue weighted by Gasteiger charge is 2.16. The van der Waals surface area contributed by atoms with Crippen LogP contribution in [-0.4, -0.2) is 18.9 Å². The van der Waals surface area contributed by atoms with E-state index in [1.165, 1.54) is 6.07 Å². The van der Waals surface area contributed by atoms with Crippen LogP contribution in [0.15, 0.2) is 50.3 Å². The third-order valence-electron chi connectivity index (χ3n) is 3.70. The molecule has 0 bridgehead atoms. The number of aryl methyl sites for hydroxylation is 1. The van der Waals surface area contributed by atoms with Crippen LogP contribution in [0.5, 0.6) is 0 Å². The number of amidine groups is 1. The van der Waals surface area contributed by atoms with Gasteiger partial charge in [0.1, 0.15) is 11.7 Å². The highest BCUT2D eigenvalue weighted by Crippen LogP contribution is 2.24. The number of benzene rings is 2. The topological polar surface area (TPSA) is 24.4 Å². The van der Waals surface area contributed by atoms with Crippen molar-refractivity contribution in [2.75, 3.05) is 13.1 Å². The van der Waals surface area contributed by atoms with Crippen LogP contribution >= 0.6 is 31.9 Å². The lowest BCUT2D eigenvalue weighted by Gasteiger charge is -2.12. The van der Waals surface area contributed by atoms with E-state index in [2.05, 4.69) is 48.2 Å². The van der Waals surface area contributed by atoms with E-state index in [1.54, 1.807) is 6.07 Å². The standard InChI is InChI=1S/C17H15Br2FN2/c18-12-5-7-15(19)11(10-12)4-6-13-14(2-1-3-16(13)20)17-21-8-9-22-17/h1-3,5,7,10H,4,6,8-9H2,(H,21,22). The molecule has 1 N–H and O–H groups in total. The van der Waals surface area contributed by atoms with Crippen molar-refractivity contribution in [2.24, 2.45) is 4.99 Å². The van der Waals surface area contributed by atoms with Crippen LogP contribution < -0.4 is 5.32 Å². The molecule has 1 aliphatic rings. The van der Waals surface area contributed by atoms with Crippen LogP contribution in [0.4, 0.5) is 4.39 Å². The molecule has 1 heterocycles. The first-order valence-electron chi connectivity index (χ1n) is 7.15. The van der Waals surface area contributed by atoms with Crippen LogP contribution in [0.2, 0.25) is 0 Å². The zero-order valence-electron chi connectivity index (χ0n) is 11.9.